The van der Waals surface area contributed by atoms with Gasteiger partial charge in [-0.3, -0.25) is 4.79 Å². The Balaban J connectivity index is 2.83. The van der Waals surface area contributed by atoms with Crippen LogP contribution in [0.15, 0.2) is 24.3 Å². The summed E-state index contributed by atoms with van der Waals surface area (Å²) in [6.45, 7) is 3.40. The Hall–Kier alpha value is -1.22. The fraction of sp³-hybridized carbons (Fsp3) is 0.200. The lowest BCUT2D eigenvalue weighted by atomic mass is 10.0. The Morgan fingerprint density at radius 3 is 2.46 bits per heavy atom. The third kappa shape index (κ3) is 2.36. The summed E-state index contributed by atoms with van der Waals surface area (Å²) in [6.07, 6.45) is -0.971. The van der Waals surface area contributed by atoms with Crippen molar-refractivity contribution < 1.29 is 14.3 Å². The van der Waals surface area contributed by atoms with Gasteiger partial charge >= 0.3 is 0 Å². The Morgan fingerprint density at radius 2 is 2.00 bits per heavy atom. The lowest BCUT2D eigenvalue weighted by Gasteiger charge is -2.05. The predicted molar refractivity (Wildman–Crippen MR) is 46.7 cm³/mol. The molecule has 0 bridgehead atoms. The highest BCUT2D eigenvalue weighted by Crippen LogP contribution is 2.07. The minimum Gasteiger partial charge on any atom is -0.385 e. The lowest BCUT2D eigenvalue weighted by Crippen LogP contribution is -2.19. The number of halogens is 1. The highest BCUT2D eigenvalue weighted by molar-refractivity contribution is 5.99. The summed E-state index contributed by atoms with van der Waals surface area (Å²) in [6, 6.07) is 5.05. The fourth-order valence-corrected chi connectivity index (χ4v) is 0.938. The molecule has 2 nitrogen and oxygen atoms in total. The van der Waals surface area contributed by atoms with Gasteiger partial charge in [0.15, 0.2) is 5.78 Å². The van der Waals surface area contributed by atoms with Gasteiger partial charge in [0.25, 0.3) is 0 Å². The van der Waals surface area contributed by atoms with E-state index in [0.29, 0.717) is 5.56 Å². The van der Waals surface area contributed by atoms with Crippen molar-refractivity contribution >= 4 is 5.78 Å². The number of Topliss-reactive ketones (excluding diaryl/α,β-unsaturated/α-hetero) is 1. The van der Waals surface area contributed by atoms with E-state index in [9.17, 15) is 9.18 Å². The molecule has 3 heteroatoms. The van der Waals surface area contributed by atoms with Crippen molar-refractivity contribution in [2.24, 2.45) is 0 Å². The highest BCUT2D eigenvalue weighted by Gasteiger charge is 2.14. The van der Waals surface area contributed by atoms with E-state index in [-0.39, 0.29) is 6.42 Å². The first-order valence-electron chi connectivity index (χ1n) is 3.92. The smallest absolute Gasteiger partial charge is 0.191 e. The number of hydrogen-bond acceptors (Lipinski definition) is 2. The Labute approximate surface area is 76.0 Å². The minimum atomic E-state index is -1.09. The zero-order valence-electron chi connectivity index (χ0n) is 7.03. The Bertz CT molecular complexity index is 292. The van der Waals surface area contributed by atoms with E-state index in [1.165, 1.54) is 24.3 Å². The second kappa shape index (κ2) is 4.14. The monoisotopic (exact) mass is 181 g/mol. The van der Waals surface area contributed by atoms with Gasteiger partial charge in [-0.1, -0.05) is 6.92 Å². The molecule has 0 aromatic heterocycles. The van der Waals surface area contributed by atoms with Gasteiger partial charge in [-0.2, -0.15) is 0 Å². The van der Waals surface area contributed by atoms with Crippen LogP contribution in [0.2, 0.25) is 0 Å². The average molecular weight is 181 g/mol. The number of aliphatic hydroxyl groups excluding tert-OH is 1. The number of aliphatic hydroxyl groups is 1. The van der Waals surface area contributed by atoms with Crippen LogP contribution in [-0.4, -0.2) is 17.0 Å². The molecule has 1 rings (SSSR count). The molecule has 0 aliphatic heterocycles. The van der Waals surface area contributed by atoms with Gasteiger partial charge in [0.2, 0.25) is 0 Å². The summed E-state index contributed by atoms with van der Waals surface area (Å²) in [5, 5.41) is 9.14. The standard InChI is InChI=1S/C10H10FO2/c1-2-9(12)10(13)7-3-5-8(11)6-4-7/h3-6,9,12H,1-2H2. The van der Waals surface area contributed by atoms with Crippen LogP contribution in [0.3, 0.4) is 0 Å². The third-order valence-corrected chi connectivity index (χ3v) is 1.70. The van der Waals surface area contributed by atoms with Crippen molar-refractivity contribution in [2.45, 2.75) is 12.5 Å². The van der Waals surface area contributed by atoms with Gasteiger partial charge in [-0.25, -0.2) is 4.39 Å². The van der Waals surface area contributed by atoms with Crippen molar-refractivity contribution in [1.82, 2.24) is 0 Å². The molecule has 0 aliphatic rings. The van der Waals surface area contributed by atoms with Gasteiger partial charge in [-0.05, 0) is 30.7 Å². The zero-order chi connectivity index (χ0) is 9.84. The third-order valence-electron chi connectivity index (χ3n) is 1.70. The maximum absolute atomic E-state index is 12.4. The first-order chi connectivity index (χ1) is 6.15. The van der Waals surface area contributed by atoms with Crippen LogP contribution in [-0.2, 0) is 0 Å². The summed E-state index contributed by atoms with van der Waals surface area (Å²) in [5.74, 6) is -0.823. The number of rotatable bonds is 3. The van der Waals surface area contributed by atoms with Gasteiger partial charge < -0.3 is 5.11 Å². The number of carbonyl (C=O) groups is 1. The minimum absolute atomic E-state index is 0.121. The van der Waals surface area contributed by atoms with Crippen LogP contribution in [0, 0.1) is 12.7 Å². The predicted octanol–water partition coefficient (Wildman–Crippen LogP) is 1.59. The molecule has 1 aromatic carbocycles. The first kappa shape index (κ1) is 9.86. The van der Waals surface area contributed by atoms with Crippen molar-refractivity contribution in [3.8, 4) is 0 Å². The summed E-state index contributed by atoms with van der Waals surface area (Å²) in [5.41, 5.74) is 0.303. The van der Waals surface area contributed by atoms with E-state index in [4.69, 9.17) is 5.11 Å². The van der Waals surface area contributed by atoms with Gasteiger partial charge in [0.1, 0.15) is 11.9 Å². The largest absolute Gasteiger partial charge is 0.385 e. The van der Waals surface area contributed by atoms with Crippen LogP contribution < -0.4 is 0 Å². The van der Waals surface area contributed by atoms with Crippen molar-refractivity contribution in [3.05, 3.63) is 42.6 Å². The molecule has 1 atom stereocenters. The molecule has 69 valence electrons. The van der Waals surface area contributed by atoms with Crippen LogP contribution in [0.25, 0.3) is 0 Å². The highest BCUT2D eigenvalue weighted by atomic mass is 19.1. The van der Waals surface area contributed by atoms with Gasteiger partial charge in [-0.15, -0.1) is 0 Å². The molecule has 1 unspecified atom stereocenters. The molecular formula is C10H10FO2. The normalized spacial score (nSPS) is 12.5. The topological polar surface area (TPSA) is 37.3 Å². The molecule has 0 amide bonds. The Morgan fingerprint density at radius 1 is 1.46 bits per heavy atom. The van der Waals surface area contributed by atoms with E-state index in [0.717, 1.165) is 0 Å². The second-order valence-corrected chi connectivity index (χ2v) is 2.68. The molecule has 0 fully saturated rings. The molecule has 1 N–H and O–H groups in total. The van der Waals surface area contributed by atoms with Crippen LogP contribution >= 0.6 is 0 Å². The maximum atomic E-state index is 12.4. The number of hydrogen-bond donors (Lipinski definition) is 1. The van der Waals surface area contributed by atoms with Crippen LogP contribution in [0.5, 0.6) is 0 Å². The molecule has 0 heterocycles. The van der Waals surface area contributed by atoms with Gasteiger partial charge in [0, 0.05) is 5.56 Å². The van der Waals surface area contributed by atoms with Crippen LogP contribution in [0.1, 0.15) is 16.8 Å². The molecule has 0 saturated heterocycles. The number of carbonyl (C=O) groups excluding carboxylic acids is 1. The summed E-state index contributed by atoms with van der Waals surface area (Å²) in [7, 11) is 0. The van der Waals surface area contributed by atoms with Crippen molar-refractivity contribution in [3.63, 3.8) is 0 Å². The summed E-state index contributed by atoms with van der Waals surface area (Å²) < 4.78 is 12.4. The zero-order valence-corrected chi connectivity index (χ0v) is 7.03. The summed E-state index contributed by atoms with van der Waals surface area (Å²) in [4.78, 5) is 11.3. The van der Waals surface area contributed by atoms with Crippen molar-refractivity contribution in [1.29, 1.82) is 0 Å². The molecule has 1 aromatic rings. The van der Waals surface area contributed by atoms with Crippen LogP contribution in [0.4, 0.5) is 4.39 Å². The van der Waals surface area contributed by atoms with E-state index in [2.05, 4.69) is 6.92 Å². The average Bonchev–Trinajstić information content (AvgIpc) is 2.17. The Kier molecular flexibility index (Phi) is 3.14. The molecule has 1 radical (unpaired) electrons. The van der Waals surface area contributed by atoms with E-state index < -0.39 is 17.7 Å². The number of benzene rings is 1. The molecule has 0 saturated carbocycles. The molecule has 0 aliphatic carbocycles. The van der Waals surface area contributed by atoms with Crippen molar-refractivity contribution in [2.75, 3.05) is 0 Å². The molecule has 13 heavy (non-hydrogen) atoms. The van der Waals surface area contributed by atoms with E-state index in [1.54, 1.807) is 0 Å². The fourth-order valence-electron chi connectivity index (χ4n) is 0.938. The number of ketones is 1. The quantitative estimate of drug-likeness (QED) is 0.719. The van der Waals surface area contributed by atoms with Gasteiger partial charge in [0.05, 0.1) is 0 Å². The SMILES string of the molecule is [CH2]CC(O)C(=O)c1ccc(F)cc1. The molecule has 0 spiro atoms. The lowest BCUT2D eigenvalue weighted by molar-refractivity contribution is 0.0752. The first-order valence-corrected chi connectivity index (χ1v) is 3.92. The molecular weight excluding hydrogens is 171 g/mol. The summed E-state index contributed by atoms with van der Waals surface area (Å²) >= 11 is 0. The van der Waals surface area contributed by atoms with E-state index in [1.807, 2.05) is 0 Å². The second-order valence-electron chi connectivity index (χ2n) is 2.68. The maximum Gasteiger partial charge on any atom is 0.191 e. The van der Waals surface area contributed by atoms with E-state index >= 15 is 0 Å².